The summed E-state index contributed by atoms with van der Waals surface area (Å²) >= 11 is 3.38. The molecule has 156 valence electrons. The molecule has 0 unspecified atom stereocenters. The van der Waals surface area contributed by atoms with Crippen molar-refractivity contribution in [1.29, 1.82) is 0 Å². The van der Waals surface area contributed by atoms with Crippen molar-refractivity contribution in [3.05, 3.63) is 63.5 Å². The van der Waals surface area contributed by atoms with Crippen molar-refractivity contribution in [3.8, 4) is 11.5 Å². The van der Waals surface area contributed by atoms with Crippen LogP contribution in [0.1, 0.15) is 18.1 Å². The highest BCUT2D eigenvalue weighted by Crippen LogP contribution is 2.38. The molecule has 0 fully saturated rings. The van der Waals surface area contributed by atoms with Crippen LogP contribution in [0.4, 0.5) is 4.39 Å². The van der Waals surface area contributed by atoms with E-state index in [0.717, 1.165) is 0 Å². The van der Waals surface area contributed by atoms with Crippen LogP contribution in [0.5, 0.6) is 11.5 Å². The lowest BCUT2D eigenvalue weighted by Gasteiger charge is -2.14. The molecule has 0 atom stereocenters. The Morgan fingerprint density at radius 3 is 2.77 bits per heavy atom. The third kappa shape index (κ3) is 5.04. The van der Waals surface area contributed by atoms with E-state index in [4.69, 9.17) is 14.2 Å². The van der Waals surface area contributed by atoms with Crippen molar-refractivity contribution in [1.82, 2.24) is 0 Å². The minimum absolute atomic E-state index is 0.0212. The Balaban J connectivity index is 1.92. The number of ether oxygens (including phenoxy) is 4. The molecule has 0 saturated carbocycles. The predicted molar refractivity (Wildman–Crippen MR) is 110 cm³/mol. The van der Waals surface area contributed by atoms with E-state index in [-0.39, 0.29) is 18.2 Å². The second-order valence-electron chi connectivity index (χ2n) is 5.97. The molecule has 2 aromatic rings. The summed E-state index contributed by atoms with van der Waals surface area (Å²) in [5.74, 6) is -0.951. The van der Waals surface area contributed by atoms with Gasteiger partial charge < -0.3 is 18.9 Å². The Labute approximate surface area is 180 Å². The zero-order valence-corrected chi connectivity index (χ0v) is 17.7. The van der Waals surface area contributed by atoms with Crippen LogP contribution >= 0.6 is 15.9 Å². The van der Waals surface area contributed by atoms with Gasteiger partial charge in [0.05, 0.1) is 18.2 Å². The Hall–Kier alpha value is -3.20. The molecule has 0 radical (unpaired) electrons. The summed E-state index contributed by atoms with van der Waals surface area (Å²) in [6.45, 7) is 1.86. The number of methoxy groups -OCH3 is 1. The maximum atomic E-state index is 13.4. The van der Waals surface area contributed by atoms with E-state index in [0.29, 0.717) is 33.7 Å². The number of cyclic esters (lactones) is 1. The number of carbonyl (C=O) groups excluding carboxylic acids is 2. The summed E-state index contributed by atoms with van der Waals surface area (Å²) in [4.78, 5) is 27.7. The van der Waals surface area contributed by atoms with Gasteiger partial charge in [-0.15, -0.1) is 0 Å². The molecular weight excluding hydrogens is 461 g/mol. The normalized spacial score (nSPS) is 14.3. The molecule has 0 spiro atoms. The first kappa shape index (κ1) is 21.5. The molecule has 1 aliphatic rings. The van der Waals surface area contributed by atoms with Gasteiger partial charge in [-0.1, -0.05) is 6.07 Å². The molecule has 0 aliphatic carbocycles. The average molecular weight is 478 g/mol. The van der Waals surface area contributed by atoms with E-state index < -0.39 is 17.8 Å². The van der Waals surface area contributed by atoms with Gasteiger partial charge in [-0.2, -0.15) is 0 Å². The molecule has 1 aliphatic heterocycles. The van der Waals surface area contributed by atoms with E-state index in [1.165, 1.54) is 31.4 Å². The standard InChI is InChI=1S/C21H17BrFNO6/c1-3-28-17-9-12(7-15(22)19(17)29-11-18(25)27-2)8-16-21(26)30-20(24-16)13-5-4-6-14(23)10-13/h4-10H,3,11H2,1-2H3/b16-8-. The molecule has 2 aromatic carbocycles. The second-order valence-corrected chi connectivity index (χ2v) is 6.83. The maximum absolute atomic E-state index is 13.4. The van der Waals surface area contributed by atoms with E-state index in [9.17, 15) is 14.0 Å². The topological polar surface area (TPSA) is 83.4 Å². The first-order valence-electron chi connectivity index (χ1n) is 8.85. The van der Waals surface area contributed by atoms with Crippen LogP contribution in [0, 0.1) is 5.82 Å². The molecule has 0 amide bonds. The number of benzene rings is 2. The Bertz CT molecular complexity index is 1050. The van der Waals surface area contributed by atoms with Gasteiger partial charge in [0.15, 0.2) is 23.8 Å². The number of halogens is 2. The van der Waals surface area contributed by atoms with Crippen LogP contribution in [0.2, 0.25) is 0 Å². The minimum Gasteiger partial charge on any atom is -0.490 e. The summed E-state index contributed by atoms with van der Waals surface area (Å²) in [6.07, 6.45) is 1.51. The zero-order valence-electron chi connectivity index (χ0n) is 16.1. The van der Waals surface area contributed by atoms with Crippen molar-refractivity contribution in [3.63, 3.8) is 0 Å². The van der Waals surface area contributed by atoms with Gasteiger partial charge >= 0.3 is 11.9 Å². The van der Waals surface area contributed by atoms with Crippen molar-refractivity contribution >= 4 is 39.8 Å². The van der Waals surface area contributed by atoms with Crippen molar-refractivity contribution < 1.29 is 32.9 Å². The fourth-order valence-corrected chi connectivity index (χ4v) is 3.15. The molecule has 30 heavy (non-hydrogen) atoms. The Kier molecular flexibility index (Phi) is 6.83. The molecule has 0 aromatic heterocycles. The molecule has 1 heterocycles. The van der Waals surface area contributed by atoms with Gasteiger partial charge in [0.1, 0.15) is 5.82 Å². The van der Waals surface area contributed by atoms with E-state index in [2.05, 4.69) is 25.7 Å². The number of esters is 2. The molecule has 0 saturated heterocycles. The third-order valence-corrected chi connectivity index (χ3v) is 4.48. The number of hydrogen-bond donors (Lipinski definition) is 0. The highest BCUT2D eigenvalue weighted by molar-refractivity contribution is 9.10. The van der Waals surface area contributed by atoms with Gasteiger partial charge in [0.25, 0.3) is 0 Å². The van der Waals surface area contributed by atoms with Crippen molar-refractivity contribution in [2.75, 3.05) is 20.3 Å². The molecule has 3 rings (SSSR count). The van der Waals surface area contributed by atoms with Crippen LogP contribution in [0.3, 0.4) is 0 Å². The summed E-state index contributed by atoms with van der Waals surface area (Å²) in [5.41, 5.74) is 0.980. The van der Waals surface area contributed by atoms with Crippen LogP contribution in [-0.4, -0.2) is 38.2 Å². The third-order valence-electron chi connectivity index (χ3n) is 3.89. The zero-order chi connectivity index (χ0) is 21.7. The van der Waals surface area contributed by atoms with Crippen LogP contribution in [0.25, 0.3) is 6.08 Å². The Morgan fingerprint density at radius 1 is 1.27 bits per heavy atom. The van der Waals surface area contributed by atoms with Crippen LogP contribution < -0.4 is 9.47 Å². The van der Waals surface area contributed by atoms with E-state index >= 15 is 0 Å². The highest BCUT2D eigenvalue weighted by atomic mass is 79.9. The number of rotatable bonds is 7. The van der Waals surface area contributed by atoms with Gasteiger partial charge in [-0.3, -0.25) is 0 Å². The van der Waals surface area contributed by atoms with Crippen molar-refractivity contribution in [2.24, 2.45) is 4.99 Å². The summed E-state index contributed by atoms with van der Waals surface area (Å²) in [5, 5.41) is 0. The average Bonchev–Trinajstić information content (AvgIpc) is 3.07. The number of hydrogen-bond acceptors (Lipinski definition) is 7. The monoisotopic (exact) mass is 477 g/mol. The summed E-state index contributed by atoms with van der Waals surface area (Å²) < 4.78 is 34.7. The van der Waals surface area contributed by atoms with Gasteiger partial charge in [-0.05, 0) is 64.8 Å². The summed E-state index contributed by atoms with van der Waals surface area (Å²) in [7, 11) is 1.26. The lowest BCUT2D eigenvalue weighted by atomic mass is 10.1. The Morgan fingerprint density at radius 2 is 2.07 bits per heavy atom. The van der Waals surface area contributed by atoms with Gasteiger partial charge in [0, 0.05) is 5.56 Å². The predicted octanol–water partition coefficient (Wildman–Crippen LogP) is 3.88. The quantitative estimate of drug-likeness (QED) is 0.444. The first-order valence-corrected chi connectivity index (χ1v) is 9.65. The smallest absolute Gasteiger partial charge is 0.363 e. The van der Waals surface area contributed by atoms with Crippen molar-refractivity contribution in [2.45, 2.75) is 6.92 Å². The largest absolute Gasteiger partial charge is 0.490 e. The minimum atomic E-state index is -0.658. The van der Waals surface area contributed by atoms with Gasteiger partial charge in [-0.25, -0.2) is 19.0 Å². The number of nitrogens with zero attached hydrogens (tertiary/aromatic N) is 1. The molecule has 0 bridgehead atoms. The van der Waals surface area contributed by atoms with Crippen LogP contribution in [-0.2, 0) is 19.1 Å². The van der Waals surface area contributed by atoms with Crippen LogP contribution in [0.15, 0.2) is 51.6 Å². The first-order chi connectivity index (χ1) is 14.4. The van der Waals surface area contributed by atoms with E-state index in [1.807, 2.05) is 0 Å². The molecule has 7 nitrogen and oxygen atoms in total. The second kappa shape index (κ2) is 9.53. The summed E-state index contributed by atoms with van der Waals surface area (Å²) in [6, 6.07) is 8.92. The van der Waals surface area contributed by atoms with Gasteiger partial charge in [0.2, 0.25) is 5.90 Å². The maximum Gasteiger partial charge on any atom is 0.363 e. The lowest BCUT2D eigenvalue weighted by molar-refractivity contribution is -0.143. The fraction of sp³-hybridized carbons (Fsp3) is 0.190. The highest BCUT2D eigenvalue weighted by Gasteiger charge is 2.25. The fourth-order valence-electron chi connectivity index (χ4n) is 2.58. The molecular formula is C21H17BrFNO6. The number of aliphatic imine (C=N–C) groups is 1. The molecule has 0 N–H and O–H groups in total. The number of carbonyl (C=O) groups is 2. The lowest BCUT2D eigenvalue weighted by Crippen LogP contribution is -2.13. The molecule has 9 heteroatoms. The SMILES string of the molecule is CCOc1cc(/C=C2\N=C(c3cccc(F)c3)OC2=O)cc(Br)c1OCC(=O)OC. The van der Waals surface area contributed by atoms with E-state index in [1.54, 1.807) is 25.1 Å².